The molecular formula is C32H36N4O4S. The van der Waals surface area contributed by atoms with E-state index in [1.54, 1.807) is 10.7 Å². The Labute approximate surface area is 244 Å². The minimum atomic E-state index is -0.410. The Morgan fingerprint density at radius 3 is 2.49 bits per heavy atom. The van der Waals surface area contributed by atoms with Gasteiger partial charge in [-0.2, -0.15) is 5.10 Å². The van der Waals surface area contributed by atoms with E-state index in [1.807, 2.05) is 53.6 Å². The van der Waals surface area contributed by atoms with E-state index in [-0.39, 0.29) is 11.8 Å². The number of methoxy groups -OCH3 is 1. The molecule has 0 radical (unpaired) electrons. The normalized spacial score (nSPS) is 19.8. The van der Waals surface area contributed by atoms with Crippen molar-refractivity contribution in [2.75, 3.05) is 31.8 Å². The lowest BCUT2D eigenvalue weighted by Crippen LogP contribution is -2.42. The van der Waals surface area contributed by atoms with Crippen LogP contribution in [-0.4, -0.2) is 53.3 Å². The maximum atomic E-state index is 14.1. The number of esters is 1. The SMILES string of the molecule is COC(=O)c1sc(-c2ccc(-c3cc4ncccn4n3)cc2)cc1N(CC1CCOCC1)C(=O)C1CCC(C)CC1. The number of rotatable bonds is 7. The van der Waals surface area contributed by atoms with Crippen LogP contribution in [0, 0.1) is 17.8 Å². The van der Waals surface area contributed by atoms with Crippen LogP contribution in [0.3, 0.4) is 0 Å². The predicted molar refractivity (Wildman–Crippen MR) is 160 cm³/mol. The molecule has 2 aliphatic rings. The average molecular weight is 573 g/mol. The zero-order valence-corrected chi connectivity index (χ0v) is 24.4. The Morgan fingerprint density at radius 1 is 1.05 bits per heavy atom. The summed E-state index contributed by atoms with van der Waals surface area (Å²) in [6.45, 7) is 4.27. The highest BCUT2D eigenvalue weighted by Crippen LogP contribution is 2.40. The molecule has 4 aromatic rings. The number of aromatic nitrogens is 3. The maximum absolute atomic E-state index is 14.1. The molecule has 0 atom stereocenters. The van der Waals surface area contributed by atoms with Gasteiger partial charge in [-0.15, -0.1) is 11.3 Å². The second kappa shape index (κ2) is 12.1. The fraction of sp³-hybridized carbons (Fsp3) is 0.438. The number of carbonyl (C=O) groups excluding carboxylic acids is 2. The molecule has 41 heavy (non-hydrogen) atoms. The molecule has 0 N–H and O–H groups in total. The molecule has 4 heterocycles. The topological polar surface area (TPSA) is 86.0 Å². The van der Waals surface area contributed by atoms with Crippen LogP contribution in [0.25, 0.3) is 27.3 Å². The number of thiophene rings is 1. The van der Waals surface area contributed by atoms with E-state index in [0.29, 0.717) is 42.2 Å². The average Bonchev–Trinajstić information content (AvgIpc) is 3.65. The number of benzene rings is 1. The lowest BCUT2D eigenvalue weighted by molar-refractivity contribution is -0.123. The standard InChI is InChI=1S/C32H36N4O4S/c1-21-4-6-25(7-5-21)31(37)35(20-22-12-16-40-17-13-22)27-19-28(41-30(27)32(38)39-2)24-10-8-23(9-11-24)26-18-29-33-14-3-15-36(29)34-26/h3,8-11,14-15,18-19,21-22,25H,4-7,12-13,16-17,20H2,1-2H3. The van der Waals surface area contributed by atoms with Gasteiger partial charge < -0.3 is 14.4 Å². The van der Waals surface area contributed by atoms with Crippen LogP contribution in [-0.2, 0) is 14.3 Å². The van der Waals surface area contributed by atoms with Gasteiger partial charge in [0, 0.05) is 54.6 Å². The minimum absolute atomic E-state index is 0.0147. The van der Waals surface area contributed by atoms with Gasteiger partial charge in [0.05, 0.1) is 18.5 Å². The van der Waals surface area contributed by atoms with Gasteiger partial charge in [-0.25, -0.2) is 14.3 Å². The number of nitrogens with zero attached hydrogens (tertiary/aromatic N) is 4. The van der Waals surface area contributed by atoms with Crippen LogP contribution in [0.15, 0.2) is 54.9 Å². The van der Waals surface area contributed by atoms with Crippen LogP contribution >= 0.6 is 11.3 Å². The van der Waals surface area contributed by atoms with E-state index in [9.17, 15) is 9.59 Å². The highest BCUT2D eigenvalue weighted by atomic mass is 32.1. The van der Waals surface area contributed by atoms with Gasteiger partial charge in [-0.05, 0) is 68.1 Å². The number of fused-ring (bicyclic) bond motifs is 1. The fourth-order valence-corrected chi connectivity index (χ4v) is 7.05. The summed E-state index contributed by atoms with van der Waals surface area (Å²) in [7, 11) is 1.40. The lowest BCUT2D eigenvalue weighted by atomic mass is 9.82. The molecule has 3 aromatic heterocycles. The van der Waals surface area contributed by atoms with E-state index >= 15 is 0 Å². The van der Waals surface area contributed by atoms with Crippen LogP contribution in [0.4, 0.5) is 5.69 Å². The van der Waals surface area contributed by atoms with Crippen molar-refractivity contribution in [3.63, 3.8) is 0 Å². The summed E-state index contributed by atoms with van der Waals surface area (Å²) in [5.41, 5.74) is 4.25. The third-order valence-electron chi connectivity index (χ3n) is 8.49. The molecule has 0 unspecified atom stereocenters. The van der Waals surface area contributed by atoms with Crippen molar-refractivity contribution in [3.8, 4) is 21.7 Å². The molecule has 214 valence electrons. The maximum Gasteiger partial charge on any atom is 0.350 e. The van der Waals surface area contributed by atoms with E-state index in [1.165, 1.54) is 18.4 Å². The Kier molecular flexibility index (Phi) is 8.16. The van der Waals surface area contributed by atoms with Crippen molar-refractivity contribution in [2.24, 2.45) is 17.8 Å². The quantitative estimate of drug-likeness (QED) is 0.235. The Bertz CT molecular complexity index is 1480. The van der Waals surface area contributed by atoms with Gasteiger partial charge in [0.2, 0.25) is 5.91 Å². The van der Waals surface area contributed by atoms with E-state index in [4.69, 9.17) is 9.47 Å². The molecule has 1 aromatic carbocycles. The first-order chi connectivity index (χ1) is 20.0. The molecular weight excluding hydrogens is 536 g/mol. The molecule has 0 spiro atoms. The third kappa shape index (κ3) is 5.92. The van der Waals surface area contributed by atoms with E-state index in [0.717, 1.165) is 65.9 Å². The van der Waals surface area contributed by atoms with Crippen molar-refractivity contribution in [1.82, 2.24) is 14.6 Å². The van der Waals surface area contributed by atoms with Gasteiger partial charge >= 0.3 is 5.97 Å². The van der Waals surface area contributed by atoms with Crippen molar-refractivity contribution in [1.29, 1.82) is 0 Å². The molecule has 2 fully saturated rings. The number of hydrogen-bond donors (Lipinski definition) is 0. The summed E-state index contributed by atoms with van der Waals surface area (Å²) in [5.74, 6) is 0.698. The first kappa shape index (κ1) is 27.6. The van der Waals surface area contributed by atoms with Crippen molar-refractivity contribution < 1.29 is 19.1 Å². The summed E-state index contributed by atoms with van der Waals surface area (Å²) >= 11 is 1.38. The first-order valence-corrected chi connectivity index (χ1v) is 15.3. The molecule has 1 saturated heterocycles. The number of carbonyl (C=O) groups is 2. The van der Waals surface area contributed by atoms with Gasteiger partial charge in [0.25, 0.3) is 0 Å². The molecule has 1 aliphatic heterocycles. The van der Waals surface area contributed by atoms with Crippen molar-refractivity contribution in [3.05, 3.63) is 59.7 Å². The van der Waals surface area contributed by atoms with Gasteiger partial charge in [-0.3, -0.25) is 4.79 Å². The van der Waals surface area contributed by atoms with E-state index < -0.39 is 5.97 Å². The van der Waals surface area contributed by atoms with Gasteiger partial charge in [0.1, 0.15) is 4.88 Å². The molecule has 0 bridgehead atoms. The number of hydrogen-bond acceptors (Lipinski definition) is 7. The minimum Gasteiger partial charge on any atom is -0.465 e. The van der Waals surface area contributed by atoms with E-state index in [2.05, 4.69) is 17.0 Å². The van der Waals surface area contributed by atoms with Crippen LogP contribution in [0.2, 0.25) is 0 Å². The van der Waals surface area contributed by atoms with Gasteiger partial charge in [0.15, 0.2) is 5.65 Å². The second-order valence-electron chi connectivity index (χ2n) is 11.3. The van der Waals surface area contributed by atoms with Crippen molar-refractivity contribution in [2.45, 2.75) is 45.4 Å². The third-order valence-corrected chi connectivity index (χ3v) is 9.64. The Hall–Kier alpha value is -3.56. The molecule has 1 aliphatic carbocycles. The summed E-state index contributed by atoms with van der Waals surface area (Å²) < 4.78 is 12.6. The second-order valence-corrected chi connectivity index (χ2v) is 12.4. The summed E-state index contributed by atoms with van der Waals surface area (Å²) in [4.78, 5) is 34.8. The highest BCUT2D eigenvalue weighted by molar-refractivity contribution is 7.18. The van der Waals surface area contributed by atoms with Gasteiger partial charge in [-0.1, -0.05) is 31.2 Å². The molecule has 8 nitrogen and oxygen atoms in total. The lowest BCUT2D eigenvalue weighted by Gasteiger charge is -2.34. The Balaban J connectivity index is 1.33. The summed E-state index contributed by atoms with van der Waals surface area (Å²) in [6, 6.07) is 14.0. The number of ether oxygens (including phenoxy) is 2. The van der Waals surface area contributed by atoms with Crippen LogP contribution in [0.1, 0.15) is 55.1 Å². The van der Waals surface area contributed by atoms with Crippen LogP contribution in [0.5, 0.6) is 0 Å². The summed E-state index contributed by atoms with van der Waals surface area (Å²) in [5, 5.41) is 4.63. The van der Waals surface area contributed by atoms with Crippen LogP contribution < -0.4 is 4.90 Å². The fourth-order valence-electron chi connectivity index (χ4n) is 5.96. The largest absolute Gasteiger partial charge is 0.465 e. The number of amides is 1. The Morgan fingerprint density at radius 2 is 1.78 bits per heavy atom. The smallest absolute Gasteiger partial charge is 0.350 e. The highest BCUT2D eigenvalue weighted by Gasteiger charge is 2.34. The molecule has 6 rings (SSSR count). The zero-order chi connectivity index (χ0) is 28.3. The first-order valence-electron chi connectivity index (χ1n) is 14.5. The molecule has 9 heteroatoms. The number of anilines is 1. The van der Waals surface area contributed by atoms with Crippen molar-refractivity contribution >= 4 is 34.5 Å². The monoisotopic (exact) mass is 572 g/mol. The molecule has 1 saturated carbocycles. The summed E-state index contributed by atoms with van der Waals surface area (Å²) in [6.07, 6.45) is 9.38. The zero-order valence-electron chi connectivity index (χ0n) is 23.6. The molecule has 1 amide bonds. The predicted octanol–water partition coefficient (Wildman–Crippen LogP) is 6.50.